The van der Waals surface area contributed by atoms with Crippen LogP contribution in [-0.2, 0) is 5.54 Å². The Morgan fingerprint density at radius 1 is 1.38 bits per heavy atom. The Labute approximate surface area is 96.6 Å². The SMILES string of the molecule is NC1(c2cc(-c3ncco3)nnc2Cl)CC1. The molecule has 0 saturated heterocycles. The van der Waals surface area contributed by atoms with Crippen LogP contribution in [0.5, 0.6) is 0 Å². The van der Waals surface area contributed by atoms with Gasteiger partial charge in [0.25, 0.3) is 0 Å². The summed E-state index contributed by atoms with van der Waals surface area (Å²) < 4.78 is 5.15. The first-order valence-corrected chi connectivity index (χ1v) is 5.29. The lowest BCUT2D eigenvalue weighted by molar-refractivity contribution is 0.570. The summed E-state index contributed by atoms with van der Waals surface area (Å²) in [5.41, 5.74) is 7.12. The molecular weight excluding hydrogens is 228 g/mol. The fourth-order valence-corrected chi connectivity index (χ4v) is 1.86. The first-order valence-electron chi connectivity index (χ1n) is 4.91. The van der Waals surface area contributed by atoms with E-state index in [0.717, 1.165) is 18.4 Å². The maximum atomic E-state index is 6.09. The monoisotopic (exact) mass is 236 g/mol. The molecule has 2 heterocycles. The Bertz CT molecular complexity index is 522. The highest BCUT2D eigenvalue weighted by atomic mass is 35.5. The van der Waals surface area contributed by atoms with Crippen molar-refractivity contribution in [3.8, 4) is 11.6 Å². The predicted octanol–water partition coefficient (Wildman–Crippen LogP) is 1.73. The van der Waals surface area contributed by atoms with E-state index in [9.17, 15) is 0 Å². The standard InChI is InChI=1S/C10H9ClN4O/c11-8-6(10(12)1-2-10)5-7(14-15-8)9-13-3-4-16-9/h3-5H,1-2,12H2. The summed E-state index contributed by atoms with van der Waals surface area (Å²) in [5, 5.41) is 8.16. The van der Waals surface area contributed by atoms with Crippen LogP contribution in [0.25, 0.3) is 11.6 Å². The van der Waals surface area contributed by atoms with Gasteiger partial charge in [0.1, 0.15) is 12.0 Å². The van der Waals surface area contributed by atoms with Gasteiger partial charge < -0.3 is 10.2 Å². The lowest BCUT2D eigenvalue weighted by Crippen LogP contribution is -2.20. The molecular formula is C10H9ClN4O. The summed E-state index contributed by atoms with van der Waals surface area (Å²) in [6, 6.07) is 1.80. The molecule has 0 unspecified atom stereocenters. The maximum absolute atomic E-state index is 6.09. The van der Waals surface area contributed by atoms with E-state index >= 15 is 0 Å². The second-order valence-electron chi connectivity index (χ2n) is 3.93. The fraction of sp³-hybridized carbons (Fsp3) is 0.300. The number of oxazole rings is 1. The van der Waals surface area contributed by atoms with Crippen molar-refractivity contribution >= 4 is 11.6 Å². The van der Waals surface area contributed by atoms with Crippen LogP contribution in [-0.4, -0.2) is 15.2 Å². The second-order valence-corrected chi connectivity index (χ2v) is 4.29. The lowest BCUT2D eigenvalue weighted by atomic mass is 10.1. The van der Waals surface area contributed by atoms with E-state index in [4.69, 9.17) is 21.8 Å². The largest absolute Gasteiger partial charge is 0.443 e. The Morgan fingerprint density at radius 2 is 2.19 bits per heavy atom. The summed E-state index contributed by atoms with van der Waals surface area (Å²) in [5.74, 6) is 0.426. The number of nitrogens with zero attached hydrogens (tertiary/aromatic N) is 3. The number of hydrogen-bond acceptors (Lipinski definition) is 5. The van der Waals surface area contributed by atoms with Gasteiger partial charge in [0, 0.05) is 11.1 Å². The molecule has 2 N–H and O–H groups in total. The zero-order valence-electron chi connectivity index (χ0n) is 8.35. The van der Waals surface area contributed by atoms with E-state index in [0.29, 0.717) is 16.7 Å². The van der Waals surface area contributed by atoms with Gasteiger partial charge in [0.05, 0.1) is 6.20 Å². The minimum Gasteiger partial charge on any atom is -0.443 e. The maximum Gasteiger partial charge on any atom is 0.246 e. The van der Waals surface area contributed by atoms with Crippen molar-refractivity contribution in [1.29, 1.82) is 0 Å². The van der Waals surface area contributed by atoms with Crippen molar-refractivity contribution in [3.05, 3.63) is 29.2 Å². The molecule has 1 saturated carbocycles. The molecule has 1 fully saturated rings. The van der Waals surface area contributed by atoms with Gasteiger partial charge in [-0.15, -0.1) is 10.2 Å². The van der Waals surface area contributed by atoms with E-state index in [1.165, 1.54) is 6.26 Å². The Hall–Kier alpha value is -1.46. The number of halogens is 1. The van der Waals surface area contributed by atoms with Crippen LogP contribution in [0, 0.1) is 0 Å². The van der Waals surface area contributed by atoms with Crippen molar-refractivity contribution in [2.24, 2.45) is 5.73 Å². The van der Waals surface area contributed by atoms with Crippen molar-refractivity contribution in [2.45, 2.75) is 18.4 Å². The first-order chi connectivity index (χ1) is 7.69. The molecule has 3 rings (SSSR count). The molecule has 82 valence electrons. The highest BCUT2D eigenvalue weighted by Crippen LogP contribution is 2.45. The van der Waals surface area contributed by atoms with Gasteiger partial charge in [-0.25, -0.2) is 4.98 Å². The van der Waals surface area contributed by atoms with Crippen LogP contribution < -0.4 is 5.73 Å². The lowest BCUT2D eigenvalue weighted by Gasteiger charge is -2.10. The molecule has 0 bridgehead atoms. The molecule has 0 amide bonds. The van der Waals surface area contributed by atoms with Gasteiger partial charge in [-0.3, -0.25) is 0 Å². The van der Waals surface area contributed by atoms with Crippen LogP contribution in [0.4, 0.5) is 0 Å². The van der Waals surface area contributed by atoms with Crippen molar-refractivity contribution in [1.82, 2.24) is 15.2 Å². The van der Waals surface area contributed by atoms with Crippen molar-refractivity contribution in [3.63, 3.8) is 0 Å². The number of aromatic nitrogens is 3. The number of hydrogen-bond donors (Lipinski definition) is 1. The van der Waals surface area contributed by atoms with Crippen molar-refractivity contribution < 1.29 is 4.42 Å². The van der Waals surface area contributed by atoms with Gasteiger partial charge in [-0.2, -0.15) is 0 Å². The third kappa shape index (κ3) is 1.48. The molecule has 2 aromatic rings. The molecule has 1 aliphatic carbocycles. The smallest absolute Gasteiger partial charge is 0.246 e. The summed E-state index contributed by atoms with van der Waals surface area (Å²) >= 11 is 5.98. The highest BCUT2D eigenvalue weighted by Gasteiger charge is 2.42. The minimum atomic E-state index is -0.339. The molecule has 5 nitrogen and oxygen atoms in total. The first kappa shape index (κ1) is 9.74. The Balaban J connectivity index is 2.09. The average Bonchev–Trinajstić information content (AvgIpc) is 2.83. The van der Waals surface area contributed by atoms with E-state index in [1.807, 2.05) is 0 Å². The summed E-state index contributed by atoms with van der Waals surface area (Å²) in [7, 11) is 0. The number of nitrogens with two attached hydrogens (primary N) is 1. The fourth-order valence-electron chi connectivity index (χ4n) is 1.58. The van der Waals surface area contributed by atoms with Gasteiger partial charge in [-0.05, 0) is 18.9 Å². The summed E-state index contributed by atoms with van der Waals surface area (Å²) in [6.45, 7) is 0. The third-order valence-corrected chi connectivity index (χ3v) is 3.00. The van der Waals surface area contributed by atoms with E-state index in [-0.39, 0.29) is 5.54 Å². The zero-order valence-corrected chi connectivity index (χ0v) is 9.11. The number of rotatable bonds is 2. The van der Waals surface area contributed by atoms with Gasteiger partial charge in [-0.1, -0.05) is 11.6 Å². The third-order valence-electron chi connectivity index (χ3n) is 2.73. The van der Waals surface area contributed by atoms with Gasteiger partial charge >= 0.3 is 0 Å². The van der Waals surface area contributed by atoms with Crippen LogP contribution in [0.15, 0.2) is 22.9 Å². The molecule has 16 heavy (non-hydrogen) atoms. The summed E-state index contributed by atoms with van der Waals surface area (Å²) in [6.07, 6.45) is 4.88. The van der Waals surface area contributed by atoms with Crippen molar-refractivity contribution in [2.75, 3.05) is 0 Å². The molecule has 0 spiro atoms. The van der Waals surface area contributed by atoms with Crippen LogP contribution >= 0.6 is 11.6 Å². The molecule has 2 aromatic heterocycles. The van der Waals surface area contributed by atoms with Gasteiger partial charge in [0.2, 0.25) is 5.89 Å². The normalized spacial score (nSPS) is 17.4. The molecule has 0 aliphatic heterocycles. The Morgan fingerprint density at radius 3 is 2.81 bits per heavy atom. The van der Waals surface area contributed by atoms with Crippen LogP contribution in [0.2, 0.25) is 5.15 Å². The predicted molar refractivity (Wildman–Crippen MR) is 57.6 cm³/mol. The molecule has 6 heteroatoms. The molecule has 1 aliphatic rings. The highest BCUT2D eigenvalue weighted by molar-refractivity contribution is 6.30. The van der Waals surface area contributed by atoms with Gasteiger partial charge in [0.15, 0.2) is 5.15 Å². The van der Waals surface area contributed by atoms with E-state index in [1.54, 1.807) is 12.3 Å². The van der Waals surface area contributed by atoms with Crippen LogP contribution in [0.1, 0.15) is 18.4 Å². The quantitative estimate of drug-likeness (QED) is 0.859. The molecule has 0 aromatic carbocycles. The van der Waals surface area contributed by atoms with E-state index in [2.05, 4.69) is 15.2 Å². The second kappa shape index (κ2) is 3.26. The molecule has 0 radical (unpaired) electrons. The topological polar surface area (TPSA) is 77.8 Å². The molecule has 0 atom stereocenters. The van der Waals surface area contributed by atoms with E-state index < -0.39 is 0 Å². The van der Waals surface area contributed by atoms with Crippen LogP contribution in [0.3, 0.4) is 0 Å². The summed E-state index contributed by atoms with van der Waals surface area (Å²) in [4.78, 5) is 4.01. The average molecular weight is 237 g/mol. The Kier molecular flexibility index (Phi) is 1.99. The minimum absolute atomic E-state index is 0.339. The zero-order chi connectivity index (χ0) is 11.2.